The molecule has 0 aliphatic carbocycles. The number of carbonyl (C=O) groups excluding carboxylic acids is 1. The van der Waals surface area contributed by atoms with Crippen molar-refractivity contribution in [3.8, 4) is 0 Å². The maximum atomic E-state index is 11.6. The van der Waals surface area contributed by atoms with Crippen molar-refractivity contribution < 1.29 is 14.7 Å². The Morgan fingerprint density at radius 3 is 2.12 bits per heavy atom. The molecule has 0 fully saturated rings. The fraction of sp³-hybridized carbons (Fsp3) is 0.818. The lowest BCUT2D eigenvalue weighted by molar-refractivity contribution is -0.138. The summed E-state index contributed by atoms with van der Waals surface area (Å²) >= 11 is 0. The highest BCUT2D eigenvalue weighted by molar-refractivity contribution is 5.76. The summed E-state index contributed by atoms with van der Waals surface area (Å²) < 4.78 is 0. The Morgan fingerprint density at radius 2 is 1.69 bits per heavy atom. The van der Waals surface area contributed by atoms with E-state index in [4.69, 9.17) is 5.11 Å². The van der Waals surface area contributed by atoms with E-state index < -0.39 is 5.97 Å². The third-order valence-corrected chi connectivity index (χ3v) is 2.65. The zero-order chi connectivity index (χ0) is 12.7. The quantitative estimate of drug-likeness (QED) is 0.697. The van der Waals surface area contributed by atoms with Gasteiger partial charge >= 0.3 is 5.97 Å². The molecule has 0 aromatic rings. The van der Waals surface area contributed by atoms with E-state index in [1.54, 1.807) is 7.05 Å². The Bertz CT molecular complexity index is 241. The summed E-state index contributed by atoms with van der Waals surface area (Å²) in [5, 5.41) is 8.49. The predicted octanol–water partition coefficient (Wildman–Crippen LogP) is 0.650. The SMILES string of the molecule is CC(C)N(C)CCC(=O)N(C)CCC(=O)O. The summed E-state index contributed by atoms with van der Waals surface area (Å²) in [5.41, 5.74) is 0. The second-order valence-electron chi connectivity index (χ2n) is 4.28. The normalized spacial score (nSPS) is 10.9. The molecule has 0 saturated carbocycles. The van der Waals surface area contributed by atoms with Crippen LogP contribution in [0.4, 0.5) is 0 Å². The van der Waals surface area contributed by atoms with Crippen molar-refractivity contribution >= 4 is 11.9 Å². The van der Waals surface area contributed by atoms with Gasteiger partial charge in [-0.15, -0.1) is 0 Å². The highest BCUT2D eigenvalue weighted by atomic mass is 16.4. The number of carbonyl (C=O) groups is 2. The molecule has 1 N–H and O–H groups in total. The molecule has 0 aliphatic heterocycles. The molecular weight excluding hydrogens is 208 g/mol. The molecule has 0 radical (unpaired) electrons. The molecule has 1 amide bonds. The van der Waals surface area contributed by atoms with E-state index in [2.05, 4.69) is 18.7 Å². The number of aliphatic carboxylic acids is 1. The number of amides is 1. The smallest absolute Gasteiger partial charge is 0.305 e. The number of carboxylic acid groups (broad SMARTS) is 1. The summed E-state index contributed by atoms with van der Waals surface area (Å²) in [4.78, 5) is 25.5. The van der Waals surface area contributed by atoms with E-state index in [1.807, 2.05) is 7.05 Å². The first-order chi connectivity index (χ1) is 7.34. The lowest BCUT2D eigenvalue weighted by Crippen LogP contribution is -2.34. The third-order valence-electron chi connectivity index (χ3n) is 2.65. The number of hydrogen-bond donors (Lipinski definition) is 1. The van der Waals surface area contributed by atoms with Crippen LogP contribution in [0.1, 0.15) is 26.7 Å². The monoisotopic (exact) mass is 230 g/mol. The van der Waals surface area contributed by atoms with Gasteiger partial charge in [0.2, 0.25) is 5.91 Å². The minimum absolute atomic E-state index is 0.00224. The molecular formula is C11H22N2O3. The van der Waals surface area contributed by atoms with Crippen LogP contribution in [0.15, 0.2) is 0 Å². The molecule has 94 valence electrons. The maximum absolute atomic E-state index is 11.6. The van der Waals surface area contributed by atoms with E-state index in [1.165, 1.54) is 4.90 Å². The summed E-state index contributed by atoms with van der Waals surface area (Å²) in [6, 6.07) is 0.414. The lowest BCUT2D eigenvalue weighted by atomic mass is 10.3. The van der Waals surface area contributed by atoms with Crippen LogP contribution in [-0.2, 0) is 9.59 Å². The molecule has 0 unspecified atom stereocenters. The van der Waals surface area contributed by atoms with Gasteiger partial charge in [-0.1, -0.05) is 0 Å². The van der Waals surface area contributed by atoms with Gasteiger partial charge in [0.15, 0.2) is 0 Å². The van der Waals surface area contributed by atoms with E-state index in [0.29, 0.717) is 19.0 Å². The molecule has 0 aromatic heterocycles. The van der Waals surface area contributed by atoms with Crippen molar-refractivity contribution in [2.24, 2.45) is 0 Å². The van der Waals surface area contributed by atoms with Crippen LogP contribution in [0.25, 0.3) is 0 Å². The van der Waals surface area contributed by atoms with Crippen molar-refractivity contribution in [1.29, 1.82) is 0 Å². The van der Waals surface area contributed by atoms with E-state index >= 15 is 0 Å². The van der Waals surface area contributed by atoms with Gasteiger partial charge in [-0.2, -0.15) is 0 Å². The van der Waals surface area contributed by atoms with E-state index in [-0.39, 0.29) is 18.9 Å². The molecule has 0 rings (SSSR count). The van der Waals surface area contributed by atoms with Gasteiger partial charge in [0.1, 0.15) is 0 Å². The van der Waals surface area contributed by atoms with E-state index in [0.717, 1.165) is 0 Å². The Labute approximate surface area is 97.0 Å². The molecule has 5 heteroatoms. The summed E-state index contributed by atoms with van der Waals surface area (Å²) in [6.45, 7) is 5.12. The minimum atomic E-state index is -0.876. The fourth-order valence-electron chi connectivity index (χ4n) is 1.11. The minimum Gasteiger partial charge on any atom is -0.481 e. The van der Waals surface area contributed by atoms with Gasteiger partial charge in [-0.05, 0) is 20.9 Å². The summed E-state index contributed by atoms with van der Waals surface area (Å²) in [5.74, 6) is -0.882. The average molecular weight is 230 g/mol. The average Bonchev–Trinajstić information content (AvgIpc) is 2.21. The third kappa shape index (κ3) is 6.40. The molecule has 0 aliphatic rings. The van der Waals surface area contributed by atoms with Crippen LogP contribution in [0.2, 0.25) is 0 Å². The largest absolute Gasteiger partial charge is 0.481 e. The Kier molecular flexibility index (Phi) is 6.72. The molecule has 0 bridgehead atoms. The molecule has 5 nitrogen and oxygen atoms in total. The van der Waals surface area contributed by atoms with Crippen molar-refractivity contribution in [3.05, 3.63) is 0 Å². The molecule has 0 aromatic carbocycles. The number of hydrogen-bond acceptors (Lipinski definition) is 3. The van der Waals surface area contributed by atoms with Gasteiger partial charge in [-0.3, -0.25) is 9.59 Å². The van der Waals surface area contributed by atoms with Crippen molar-refractivity contribution in [1.82, 2.24) is 9.80 Å². The number of carboxylic acids is 1. The first kappa shape index (κ1) is 14.9. The van der Waals surface area contributed by atoms with E-state index in [9.17, 15) is 9.59 Å². The topological polar surface area (TPSA) is 60.9 Å². The summed E-state index contributed by atoms with van der Waals surface area (Å²) in [7, 11) is 3.61. The lowest BCUT2D eigenvalue weighted by Gasteiger charge is -2.22. The Balaban J connectivity index is 3.83. The van der Waals surface area contributed by atoms with Gasteiger partial charge in [0.25, 0.3) is 0 Å². The molecule has 16 heavy (non-hydrogen) atoms. The van der Waals surface area contributed by atoms with Crippen LogP contribution in [0.3, 0.4) is 0 Å². The van der Waals surface area contributed by atoms with Crippen molar-refractivity contribution in [2.45, 2.75) is 32.7 Å². The van der Waals surface area contributed by atoms with Gasteiger partial charge in [0.05, 0.1) is 6.42 Å². The predicted molar refractivity (Wildman–Crippen MR) is 62.3 cm³/mol. The van der Waals surface area contributed by atoms with Crippen LogP contribution in [0, 0.1) is 0 Å². The molecule has 0 spiro atoms. The van der Waals surface area contributed by atoms with Crippen LogP contribution < -0.4 is 0 Å². The van der Waals surface area contributed by atoms with Gasteiger partial charge in [-0.25, -0.2) is 0 Å². The highest BCUT2D eigenvalue weighted by Crippen LogP contribution is 1.98. The summed E-state index contributed by atoms with van der Waals surface area (Å²) in [6.07, 6.45) is 0.438. The zero-order valence-corrected chi connectivity index (χ0v) is 10.6. The first-order valence-corrected chi connectivity index (χ1v) is 5.50. The van der Waals surface area contributed by atoms with Gasteiger partial charge < -0.3 is 14.9 Å². The van der Waals surface area contributed by atoms with Crippen LogP contribution in [0.5, 0.6) is 0 Å². The highest BCUT2D eigenvalue weighted by Gasteiger charge is 2.12. The van der Waals surface area contributed by atoms with Crippen LogP contribution >= 0.6 is 0 Å². The second kappa shape index (κ2) is 7.22. The second-order valence-corrected chi connectivity index (χ2v) is 4.28. The maximum Gasteiger partial charge on any atom is 0.305 e. The molecule has 0 heterocycles. The zero-order valence-electron chi connectivity index (χ0n) is 10.6. The van der Waals surface area contributed by atoms with Crippen molar-refractivity contribution in [3.63, 3.8) is 0 Å². The van der Waals surface area contributed by atoms with Gasteiger partial charge in [0, 0.05) is 32.6 Å². The van der Waals surface area contributed by atoms with Crippen molar-refractivity contribution in [2.75, 3.05) is 27.2 Å². The van der Waals surface area contributed by atoms with Crippen LogP contribution in [-0.4, -0.2) is 60.0 Å². The molecule has 0 atom stereocenters. The fourth-order valence-corrected chi connectivity index (χ4v) is 1.11. The number of rotatable bonds is 7. The number of nitrogens with zero attached hydrogens (tertiary/aromatic N) is 2. The standard InChI is InChI=1S/C11H22N2O3/c1-9(2)12(3)7-5-10(14)13(4)8-6-11(15)16/h9H,5-8H2,1-4H3,(H,15,16). The molecule has 0 saturated heterocycles. The Hall–Kier alpha value is -1.10. The first-order valence-electron chi connectivity index (χ1n) is 5.50. The Morgan fingerprint density at radius 1 is 1.12 bits per heavy atom.